The maximum Gasteiger partial charge on any atom is 0.289 e. The maximum atomic E-state index is 13.6. The Bertz CT molecular complexity index is 860. The fraction of sp³-hybridized carbons (Fsp3) is 0.444. The Morgan fingerprint density at radius 2 is 2.15 bits per heavy atom. The molecule has 27 heavy (non-hydrogen) atoms. The van der Waals surface area contributed by atoms with Crippen LogP contribution in [0.3, 0.4) is 0 Å². The minimum atomic E-state index is -0.738. The van der Waals surface area contributed by atoms with E-state index in [0.717, 1.165) is 36.5 Å². The highest BCUT2D eigenvalue weighted by atomic mass is 19.1. The quantitative estimate of drug-likeness (QED) is 0.816. The number of carbonyl (C=O) groups excluding carboxylic acids is 1. The Kier molecular flexibility index (Phi) is 5.59. The highest BCUT2D eigenvalue weighted by molar-refractivity contribution is 5.91. The number of anilines is 1. The molecule has 0 unspecified atom stereocenters. The number of hydrogen-bond acceptors (Lipinski definition) is 6. The molecule has 1 saturated heterocycles. The first-order chi connectivity index (χ1) is 12.8. The van der Waals surface area contributed by atoms with Gasteiger partial charge >= 0.3 is 0 Å². The topological polar surface area (TPSA) is 97.0 Å². The molecule has 0 radical (unpaired) electrons. The van der Waals surface area contributed by atoms with Gasteiger partial charge in [-0.05, 0) is 20.3 Å². The average molecular weight is 376 g/mol. The van der Waals surface area contributed by atoms with Crippen molar-refractivity contribution in [2.75, 3.05) is 24.5 Å². The largest absolute Gasteiger partial charge is 0.355 e. The third-order valence-corrected chi connectivity index (χ3v) is 4.62. The standard InChI is InChI=1S/C18H22F2N6O/c1-10-11(2)24-16(25-17(10)26-6-4-13(21)9-26)18(27)22-5-3-15-14(20)7-12(19)8-23-15/h7-8,13H,3-6,9,21H2,1-2H3,(H,22,27)/t13-/m1/s1. The lowest BCUT2D eigenvalue weighted by Gasteiger charge is -2.20. The Morgan fingerprint density at radius 3 is 2.81 bits per heavy atom. The lowest BCUT2D eigenvalue weighted by molar-refractivity contribution is 0.0943. The van der Waals surface area contributed by atoms with Crippen LogP contribution in [-0.2, 0) is 6.42 Å². The van der Waals surface area contributed by atoms with Gasteiger partial charge in [0.15, 0.2) is 0 Å². The second-order valence-corrected chi connectivity index (χ2v) is 6.66. The molecule has 2 aromatic rings. The summed E-state index contributed by atoms with van der Waals surface area (Å²) in [6, 6.07) is 0.860. The van der Waals surface area contributed by atoms with Gasteiger partial charge in [-0.1, -0.05) is 0 Å². The van der Waals surface area contributed by atoms with Crippen LogP contribution < -0.4 is 16.0 Å². The molecule has 3 rings (SSSR count). The number of nitrogens with zero attached hydrogens (tertiary/aromatic N) is 4. The van der Waals surface area contributed by atoms with Gasteiger partial charge in [0.25, 0.3) is 5.91 Å². The molecule has 7 nitrogen and oxygen atoms in total. The summed E-state index contributed by atoms with van der Waals surface area (Å²) in [4.78, 5) is 26.8. The van der Waals surface area contributed by atoms with Crippen LogP contribution >= 0.6 is 0 Å². The van der Waals surface area contributed by atoms with Crippen molar-refractivity contribution < 1.29 is 13.6 Å². The molecule has 3 N–H and O–H groups in total. The first-order valence-electron chi connectivity index (χ1n) is 8.79. The molecule has 0 bridgehead atoms. The molecule has 144 valence electrons. The van der Waals surface area contributed by atoms with Crippen LogP contribution in [0.4, 0.5) is 14.6 Å². The van der Waals surface area contributed by atoms with Crippen molar-refractivity contribution in [3.63, 3.8) is 0 Å². The summed E-state index contributed by atoms with van der Waals surface area (Å²) >= 11 is 0. The number of amides is 1. The van der Waals surface area contributed by atoms with Crippen LogP contribution in [0, 0.1) is 25.5 Å². The average Bonchev–Trinajstić information content (AvgIpc) is 3.05. The van der Waals surface area contributed by atoms with E-state index in [1.165, 1.54) is 0 Å². The Balaban J connectivity index is 1.68. The SMILES string of the molecule is Cc1nc(C(=O)NCCc2ncc(F)cc2F)nc(N2CC[C@@H](N)C2)c1C. The molecule has 1 aliphatic rings. The Hall–Kier alpha value is -2.68. The molecule has 2 aromatic heterocycles. The van der Waals surface area contributed by atoms with Crippen LogP contribution in [0.2, 0.25) is 0 Å². The molecule has 1 fully saturated rings. The summed E-state index contributed by atoms with van der Waals surface area (Å²) in [5.41, 5.74) is 7.69. The number of aromatic nitrogens is 3. The molecular weight excluding hydrogens is 354 g/mol. The van der Waals surface area contributed by atoms with Crippen LogP contribution in [0.1, 0.15) is 34.0 Å². The van der Waals surface area contributed by atoms with Crippen LogP contribution in [0.25, 0.3) is 0 Å². The van der Waals surface area contributed by atoms with Gasteiger partial charge in [0.2, 0.25) is 5.82 Å². The number of hydrogen-bond donors (Lipinski definition) is 2. The minimum absolute atomic E-state index is 0.0566. The molecule has 1 atom stereocenters. The molecule has 3 heterocycles. The molecule has 0 saturated carbocycles. The zero-order chi connectivity index (χ0) is 19.6. The van der Waals surface area contributed by atoms with Gasteiger partial charge in [-0.15, -0.1) is 0 Å². The Morgan fingerprint density at radius 1 is 1.37 bits per heavy atom. The predicted molar refractivity (Wildman–Crippen MR) is 96.5 cm³/mol. The molecule has 9 heteroatoms. The smallest absolute Gasteiger partial charge is 0.289 e. The van der Waals surface area contributed by atoms with Crippen molar-refractivity contribution in [3.8, 4) is 0 Å². The van der Waals surface area contributed by atoms with Crippen LogP contribution in [0.5, 0.6) is 0 Å². The van der Waals surface area contributed by atoms with Crippen molar-refractivity contribution in [1.29, 1.82) is 0 Å². The molecule has 1 aliphatic heterocycles. The number of aryl methyl sites for hydroxylation is 1. The fourth-order valence-corrected chi connectivity index (χ4v) is 3.00. The van der Waals surface area contributed by atoms with E-state index in [-0.39, 0.29) is 30.5 Å². The van der Waals surface area contributed by atoms with Gasteiger partial charge in [0.1, 0.15) is 17.5 Å². The zero-order valence-corrected chi connectivity index (χ0v) is 15.3. The second kappa shape index (κ2) is 7.91. The minimum Gasteiger partial charge on any atom is -0.355 e. The summed E-state index contributed by atoms with van der Waals surface area (Å²) < 4.78 is 26.5. The zero-order valence-electron chi connectivity index (χ0n) is 15.3. The highest BCUT2D eigenvalue weighted by Gasteiger charge is 2.24. The lowest BCUT2D eigenvalue weighted by atomic mass is 10.2. The number of nitrogens with two attached hydrogens (primary N) is 1. The first-order valence-corrected chi connectivity index (χ1v) is 8.79. The van der Waals surface area contributed by atoms with Gasteiger partial charge in [0.05, 0.1) is 11.9 Å². The van der Waals surface area contributed by atoms with Crippen molar-refractivity contribution >= 4 is 11.7 Å². The van der Waals surface area contributed by atoms with E-state index < -0.39 is 17.5 Å². The van der Waals surface area contributed by atoms with Crippen molar-refractivity contribution in [3.05, 3.63) is 46.7 Å². The molecular formula is C18H22F2N6O. The first kappa shape index (κ1) is 19.1. The van der Waals surface area contributed by atoms with E-state index in [2.05, 4.69) is 25.2 Å². The van der Waals surface area contributed by atoms with Gasteiger partial charge in [0, 0.05) is 49.4 Å². The van der Waals surface area contributed by atoms with Gasteiger partial charge in [-0.2, -0.15) is 0 Å². The van der Waals surface area contributed by atoms with Gasteiger partial charge in [-0.25, -0.2) is 18.7 Å². The molecule has 0 aliphatic carbocycles. The van der Waals surface area contributed by atoms with E-state index in [9.17, 15) is 13.6 Å². The number of rotatable bonds is 5. The van der Waals surface area contributed by atoms with Crippen LogP contribution in [-0.4, -0.2) is 46.5 Å². The monoisotopic (exact) mass is 376 g/mol. The number of nitrogens with one attached hydrogen (secondary N) is 1. The normalized spacial score (nSPS) is 16.6. The van der Waals surface area contributed by atoms with Crippen molar-refractivity contribution in [2.24, 2.45) is 5.73 Å². The lowest BCUT2D eigenvalue weighted by Crippen LogP contribution is -2.31. The summed E-state index contributed by atoms with van der Waals surface area (Å²) in [5, 5.41) is 2.65. The maximum absolute atomic E-state index is 13.6. The number of halogens is 2. The Labute approximate surface area is 156 Å². The number of carbonyl (C=O) groups is 1. The van der Waals surface area contributed by atoms with E-state index in [4.69, 9.17) is 5.73 Å². The molecule has 0 aromatic carbocycles. The van der Waals surface area contributed by atoms with E-state index in [0.29, 0.717) is 12.4 Å². The van der Waals surface area contributed by atoms with Crippen LogP contribution in [0.15, 0.2) is 12.3 Å². The second-order valence-electron chi connectivity index (χ2n) is 6.66. The van der Waals surface area contributed by atoms with Gasteiger partial charge < -0.3 is 16.0 Å². The predicted octanol–water partition coefficient (Wildman–Crippen LogP) is 1.28. The summed E-state index contributed by atoms with van der Waals surface area (Å²) in [7, 11) is 0. The summed E-state index contributed by atoms with van der Waals surface area (Å²) in [6.45, 7) is 5.35. The third-order valence-electron chi connectivity index (χ3n) is 4.62. The van der Waals surface area contributed by atoms with E-state index in [1.807, 2.05) is 13.8 Å². The number of pyridine rings is 1. The summed E-state index contributed by atoms with van der Waals surface area (Å²) in [6.07, 6.45) is 1.95. The summed E-state index contributed by atoms with van der Waals surface area (Å²) in [5.74, 6) is -1.16. The highest BCUT2D eigenvalue weighted by Crippen LogP contribution is 2.23. The third kappa shape index (κ3) is 4.36. The molecule has 0 spiro atoms. The van der Waals surface area contributed by atoms with E-state index >= 15 is 0 Å². The molecule has 1 amide bonds. The fourth-order valence-electron chi connectivity index (χ4n) is 3.00. The van der Waals surface area contributed by atoms with E-state index in [1.54, 1.807) is 0 Å². The van der Waals surface area contributed by atoms with Crippen molar-refractivity contribution in [1.82, 2.24) is 20.3 Å². The van der Waals surface area contributed by atoms with Crippen molar-refractivity contribution in [2.45, 2.75) is 32.7 Å². The van der Waals surface area contributed by atoms with Gasteiger partial charge in [-0.3, -0.25) is 9.78 Å².